The highest BCUT2D eigenvalue weighted by Crippen LogP contribution is 2.21. The zero-order valence-corrected chi connectivity index (χ0v) is 14.7. The van der Waals surface area contributed by atoms with E-state index in [0.717, 1.165) is 11.1 Å². The summed E-state index contributed by atoms with van der Waals surface area (Å²) in [7, 11) is 0. The van der Waals surface area contributed by atoms with Crippen molar-refractivity contribution in [2.24, 2.45) is 0 Å². The van der Waals surface area contributed by atoms with E-state index in [1.807, 2.05) is 26.0 Å². The second-order valence-corrected chi connectivity index (χ2v) is 6.34. The first kappa shape index (κ1) is 17.4. The van der Waals surface area contributed by atoms with Crippen molar-refractivity contribution < 1.29 is 9.59 Å². The summed E-state index contributed by atoms with van der Waals surface area (Å²) >= 11 is 0. The molecule has 0 aromatic heterocycles. The maximum absolute atomic E-state index is 12.7. The van der Waals surface area contributed by atoms with Gasteiger partial charge in [-0.25, -0.2) is 0 Å². The molecule has 0 aliphatic rings. The van der Waals surface area contributed by atoms with E-state index in [2.05, 4.69) is 0 Å². The molecule has 0 aliphatic carbocycles. The Balaban J connectivity index is 1.88. The number of ketones is 2. The largest absolute Gasteiger partial charge is 0.398 e. The van der Waals surface area contributed by atoms with E-state index in [9.17, 15) is 9.59 Å². The van der Waals surface area contributed by atoms with E-state index in [0.29, 0.717) is 33.6 Å². The molecule has 3 aromatic rings. The van der Waals surface area contributed by atoms with Crippen LogP contribution in [0.5, 0.6) is 0 Å². The first-order valence-electron chi connectivity index (χ1n) is 8.29. The standard InChI is InChI=1S/C22H20N2O2/c1-13-6-7-17(12-19(13)23)21(25)15-8-10-16(11-9-15)22(26)18-5-3-4-14(2)20(18)24/h3-12H,23-24H2,1-2H3. The van der Waals surface area contributed by atoms with Gasteiger partial charge in [-0.3, -0.25) is 9.59 Å². The number of hydrogen-bond donors (Lipinski definition) is 2. The van der Waals surface area contributed by atoms with Gasteiger partial charge in [-0.2, -0.15) is 0 Å². The minimum Gasteiger partial charge on any atom is -0.398 e. The highest BCUT2D eigenvalue weighted by molar-refractivity contribution is 6.13. The van der Waals surface area contributed by atoms with Crippen LogP contribution in [0.4, 0.5) is 11.4 Å². The number of aryl methyl sites for hydroxylation is 2. The first-order valence-corrected chi connectivity index (χ1v) is 8.29. The van der Waals surface area contributed by atoms with Gasteiger partial charge in [-0.05, 0) is 37.1 Å². The maximum atomic E-state index is 12.7. The van der Waals surface area contributed by atoms with Gasteiger partial charge in [0, 0.05) is 33.6 Å². The Kier molecular flexibility index (Phi) is 4.59. The van der Waals surface area contributed by atoms with Crippen molar-refractivity contribution in [3.05, 3.63) is 94.0 Å². The van der Waals surface area contributed by atoms with Crippen molar-refractivity contribution in [1.29, 1.82) is 0 Å². The zero-order valence-electron chi connectivity index (χ0n) is 14.7. The van der Waals surface area contributed by atoms with Crippen LogP contribution in [-0.2, 0) is 0 Å². The Morgan fingerprint density at radius 2 is 1.27 bits per heavy atom. The van der Waals surface area contributed by atoms with Crippen molar-refractivity contribution in [2.45, 2.75) is 13.8 Å². The molecule has 0 fully saturated rings. The molecule has 0 aliphatic heterocycles. The van der Waals surface area contributed by atoms with Crippen molar-refractivity contribution in [3.8, 4) is 0 Å². The Morgan fingerprint density at radius 3 is 1.88 bits per heavy atom. The van der Waals surface area contributed by atoms with Gasteiger partial charge in [0.1, 0.15) is 0 Å². The second kappa shape index (κ2) is 6.84. The number of carbonyl (C=O) groups is 2. The van der Waals surface area contributed by atoms with Crippen molar-refractivity contribution in [2.75, 3.05) is 11.5 Å². The van der Waals surface area contributed by atoms with Gasteiger partial charge < -0.3 is 11.5 Å². The third-order valence-corrected chi connectivity index (χ3v) is 4.52. The molecule has 130 valence electrons. The van der Waals surface area contributed by atoms with Gasteiger partial charge in [-0.1, -0.05) is 48.5 Å². The van der Waals surface area contributed by atoms with Crippen LogP contribution in [0.1, 0.15) is 43.0 Å². The molecule has 3 aromatic carbocycles. The molecule has 0 heterocycles. The van der Waals surface area contributed by atoms with Crippen LogP contribution in [-0.4, -0.2) is 11.6 Å². The molecule has 0 atom stereocenters. The molecule has 0 bridgehead atoms. The van der Waals surface area contributed by atoms with E-state index < -0.39 is 0 Å². The number of para-hydroxylation sites is 1. The first-order chi connectivity index (χ1) is 12.4. The molecule has 26 heavy (non-hydrogen) atoms. The topological polar surface area (TPSA) is 86.2 Å². The number of nitrogens with two attached hydrogens (primary N) is 2. The van der Waals surface area contributed by atoms with E-state index in [1.54, 1.807) is 48.5 Å². The Hall–Kier alpha value is -3.40. The van der Waals surface area contributed by atoms with Gasteiger partial charge >= 0.3 is 0 Å². The van der Waals surface area contributed by atoms with E-state index >= 15 is 0 Å². The zero-order chi connectivity index (χ0) is 18.8. The van der Waals surface area contributed by atoms with Crippen molar-refractivity contribution in [1.82, 2.24) is 0 Å². The lowest BCUT2D eigenvalue weighted by molar-refractivity contribution is 0.102. The summed E-state index contributed by atoms with van der Waals surface area (Å²) < 4.78 is 0. The van der Waals surface area contributed by atoms with Gasteiger partial charge in [0.05, 0.1) is 0 Å². The average molecular weight is 344 g/mol. The molecule has 3 rings (SSSR count). The normalized spacial score (nSPS) is 10.5. The maximum Gasteiger partial charge on any atom is 0.195 e. The summed E-state index contributed by atoms with van der Waals surface area (Å²) in [5.41, 5.74) is 16.7. The number of anilines is 2. The van der Waals surface area contributed by atoms with Crippen LogP contribution >= 0.6 is 0 Å². The molecule has 0 radical (unpaired) electrons. The lowest BCUT2D eigenvalue weighted by Gasteiger charge is -2.08. The Labute approximate surface area is 152 Å². The van der Waals surface area contributed by atoms with Crippen LogP contribution in [0.25, 0.3) is 0 Å². The molecule has 4 N–H and O–H groups in total. The summed E-state index contributed by atoms with van der Waals surface area (Å²) in [4.78, 5) is 25.3. The molecule has 0 saturated carbocycles. The molecule has 4 nitrogen and oxygen atoms in total. The molecule has 0 amide bonds. The van der Waals surface area contributed by atoms with Gasteiger partial charge in [0.15, 0.2) is 11.6 Å². The summed E-state index contributed by atoms with van der Waals surface area (Å²) in [6.07, 6.45) is 0. The number of hydrogen-bond acceptors (Lipinski definition) is 4. The van der Waals surface area contributed by atoms with E-state index in [1.165, 1.54) is 0 Å². The SMILES string of the molecule is Cc1ccc(C(=O)c2ccc(C(=O)c3cccc(C)c3N)cc2)cc1N. The van der Waals surface area contributed by atoms with Gasteiger partial charge in [0.2, 0.25) is 0 Å². The third kappa shape index (κ3) is 3.22. The highest BCUT2D eigenvalue weighted by atomic mass is 16.1. The van der Waals surface area contributed by atoms with Crippen LogP contribution in [0.15, 0.2) is 60.7 Å². The van der Waals surface area contributed by atoms with Crippen molar-refractivity contribution in [3.63, 3.8) is 0 Å². The summed E-state index contributed by atoms with van der Waals surface area (Å²) in [5, 5.41) is 0. The van der Waals surface area contributed by atoms with Gasteiger partial charge in [-0.15, -0.1) is 0 Å². The van der Waals surface area contributed by atoms with Crippen LogP contribution in [0.3, 0.4) is 0 Å². The minimum atomic E-state index is -0.162. The smallest absolute Gasteiger partial charge is 0.195 e. The average Bonchev–Trinajstić information content (AvgIpc) is 2.65. The molecule has 0 spiro atoms. The minimum absolute atomic E-state index is 0.134. The predicted molar refractivity (Wildman–Crippen MR) is 104 cm³/mol. The molecule has 0 saturated heterocycles. The summed E-state index contributed by atoms with van der Waals surface area (Å²) in [6, 6.07) is 17.2. The molecule has 4 heteroatoms. The molecule has 0 unspecified atom stereocenters. The molecular weight excluding hydrogens is 324 g/mol. The van der Waals surface area contributed by atoms with E-state index in [4.69, 9.17) is 11.5 Å². The monoisotopic (exact) mass is 344 g/mol. The fourth-order valence-electron chi connectivity index (χ4n) is 2.76. The second-order valence-electron chi connectivity index (χ2n) is 6.34. The van der Waals surface area contributed by atoms with Crippen LogP contribution in [0.2, 0.25) is 0 Å². The third-order valence-electron chi connectivity index (χ3n) is 4.52. The lowest BCUT2D eigenvalue weighted by atomic mass is 9.96. The number of nitrogen functional groups attached to an aromatic ring is 2. The predicted octanol–water partition coefficient (Wildman–Crippen LogP) is 3.93. The van der Waals surface area contributed by atoms with Crippen LogP contribution in [0, 0.1) is 13.8 Å². The number of carbonyl (C=O) groups excluding carboxylic acids is 2. The Morgan fingerprint density at radius 1 is 0.692 bits per heavy atom. The van der Waals surface area contributed by atoms with Gasteiger partial charge in [0.25, 0.3) is 0 Å². The molecular formula is C22H20N2O2. The fourth-order valence-corrected chi connectivity index (χ4v) is 2.76. The number of benzene rings is 3. The number of rotatable bonds is 4. The summed E-state index contributed by atoms with van der Waals surface area (Å²) in [5.74, 6) is -0.296. The Bertz CT molecular complexity index is 1010. The lowest BCUT2D eigenvalue weighted by Crippen LogP contribution is -2.08. The van der Waals surface area contributed by atoms with Crippen molar-refractivity contribution >= 4 is 22.9 Å². The van der Waals surface area contributed by atoms with Crippen LogP contribution < -0.4 is 11.5 Å². The highest BCUT2D eigenvalue weighted by Gasteiger charge is 2.15. The fraction of sp³-hybridized carbons (Fsp3) is 0.0909. The summed E-state index contributed by atoms with van der Waals surface area (Å²) in [6.45, 7) is 3.75. The van der Waals surface area contributed by atoms with E-state index in [-0.39, 0.29) is 11.6 Å². The quantitative estimate of drug-likeness (QED) is 0.554.